The van der Waals surface area contributed by atoms with E-state index in [-0.39, 0.29) is 30.8 Å². The summed E-state index contributed by atoms with van der Waals surface area (Å²) in [5.41, 5.74) is 0.449. The summed E-state index contributed by atoms with van der Waals surface area (Å²) >= 11 is 0. The lowest BCUT2D eigenvalue weighted by Gasteiger charge is -2.48. The lowest BCUT2D eigenvalue weighted by Crippen LogP contribution is -2.76. The molecule has 2 amide bonds. The SMILES string of the molecule is CCC1N(C(=O)O)c2ccc3cc2[N+]1(C(=O)O)N3C1(C(=O)c2ccc(N(C)C)cc2)C=CN(CCC(=O)O)C=C1. The molecule has 2 aromatic carbocycles. The van der Waals surface area contributed by atoms with E-state index >= 15 is 0 Å². The second-order valence-electron chi connectivity index (χ2n) is 10.1. The van der Waals surface area contributed by atoms with Gasteiger partial charge in [-0.05, 0) is 48.6 Å². The minimum absolute atomic E-state index is 0.143. The van der Waals surface area contributed by atoms with Gasteiger partial charge in [0, 0.05) is 56.8 Å². The van der Waals surface area contributed by atoms with Crippen LogP contribution >= 0.6 is 0 Å². The van der Waals surface area contributed by atoms with E-state index in [0.717, 1.165) is 10.6 Å². The molecule has 208 valence electrons. The molecule has 2 bridgehead atoms. The quantitative estimate of drug-likeness (QED) is 0.325. The maximum absolute atomic E-state index is 14.5. The molecule has 0 fully saturated rings. The monoisotopic (exact) mass is 548 g/mol. The van der Waals surface area contributed by atoms with Crippen LogP contribution < -0.4 is 19.4 Å². The summed E-state index contributed by atoms with van der Waals surface area (Å²) in [7, 11) is 3.75. The molecule has 3 N–H and O–H groups in total. The number of nitrogens with zero attached hydrogens (tertiary/aromatic N) is 5. The van der Waals surface area contributed by atoms with E-state index in [2.05, 4.69) is 0 Å². The zero-order valence-corrected chi connectivity index (χ0v) is 22.3. The smallest absolute Gasteiger partial charge is 0.481 e. The summed E-state index contributed by atoms with van der Waals surface area (Å²) < 4.78 is -0.925. The summed E-state index contributed by atoms with van der Waals surface area (Å²) in [6, 6.07) is 11.7. The van der Waals surface area contributed by atoms with E-state index in [1.54, 1.807) is 78.8 Å². The van der Waals surface area contributed by atoms with Gasteiger partial charge in [0.25, 0.3) is 0 Å². The standard InChI is InChI=1S/C28H29N5O7/c1-4-23-31(26(37)38)21-10-9-20-17-22(21)33(23,27(39)40)32(20)28(12-15-30(16-13-28)14-11-24(34)35)25(36)18-5-7-19(8-6-18)29(2)3/h5-10,12-13,15-17,23H,4,11,14H2,1-3H3,(H2-,34,35,37,38,39,40)/p+1. The first-order valence-corrected chi connectivity index (χ1v) is 12.8. The molecule has 0 saturated heterocycles. The third-order valence-electron chi connectivity index (χ3n) is 7.72. The van der Waals surface area contributed by atoms with E-state index in [1.807, 2.05) is 19.0 Å². The van der Waals surface area contributed by atoms with Crippen LogP contribution in [0.1, 0.15) is 30.1 Å². The highest BCUT2D eigenvalue weighted by atomic mass is 16.4. The minimum Gasteiger partial charge on any atom is -0.481 e. The second-order valence-corrected chi connectivity index (χ2v) is 10.1. The van der Waals surface area contributed by atoms with Crippen molar-refractivity contribution in [2.75, 3.05) is 35.4 Å². The number of Topliss-reactive ketones (excluding diaryl/α,β-unsaturated/α-hetero) is 1. The van der Waals surface area contributed by atoms with Gasteiger partial charge in [-0.1, -0.05) is 11.5 Å². The number of rotatable bonds is 8. The maximum Gasteiger partial charge on any atom is 0.546 e. The van der Waals surface area contributed by atoms with Gasteiger partial charge in [-0.25, -0.2) is 9.69 Å². The summed E-state index contributed by atoms with van der Waals surface area (Å²) in [4.78, 5) is 56.0. The van der Waals surface area contributed by atoms with Gasteiger partial charge >= 0.3 is 18.2 Å². The number of hydrogen-bond donors (Lipinski definition) is 3. The lowest BCUT2D eigenvalue weighted by molar-refractivity contribution is -0.137. The Kier molecular flexibility index (Phi) is 6.30. The minimum atomic E-state index is -1.69. The molecule has 2 atom stereocenters. The summed E-state index contributed by atoms with van der Waals surface area (Å²) in [6.45, 7) is 1.85. The van der Waals surface area contributed by atoms with Gasteiger partial charge in [-0.15, -0.1) is 0 Å². The fraction of sp³-hybridized carbons (Fsp3) is 0.286. The molecular formula is C28H30N5O7+. The van der Waals surface area contributed by atoms with Crippen LogP contribution in [0, 0.1) is 0 Å². The molecule has 12 heteroatoms. The number of carboxylic acid groups (broad SMARTS) is 3. The number of quaternary nitrogens is 1. The number of carbonyl (C=O) groups is 4. The average Bonchev–Trinajstić information content (AvgIpc) is 3.37. The predicted octanol–water partition coefficient (Wildman–Crippen LogP) is 4.15. The number of aliphatic carboxylic acids is 1. The van der Waals surface area contributed by atoms with Crippen LogP contribution in [0.4, 0.5) is 32.3 Å². The van der Waals surface area contributed by atoms with E-state index in [4.69, 9.17) is 5.11 Å². The van der Waals surface area contributed by atoms with Crippen LogP contribution in [0.25, 0.3) is 0 Å². The molecule has 3 aliphatic heterocycles. The Morgan fingerprint density at radius 2 is 1.62 bits per heavy atom. The van der Waals surface area contributed by atoms with Gasteiger partial charge in [0.1, 0.15) is 5.69 Å². The molecule has 40 heavy (non-hydrogen) atoms. The Morgan fingerprint density at radius 3 is 2.15 bits per heavy atom. The van der Waals surface area contributed by atoms with Crippen molar-refractivity contribution >= 4 is 46.7 Å². The van der Waals surface area contributed by atoms with Gasteiger partial charge < -0.3 is 25.1 Å². The van der Waals surface area contributed by atoms with Crippen LogP contribution in [-0.2, 0) is 4.79 Å². The van der Waals surface area contributed by atoms with E-state index in [1.165, 1.54) is 5.01 Å². The molecule has 3 heterocycles. The highest BCUT2D eigenvalue weighted by Crippen LogP contribution is 2.57. The second kappa shape index (κ2) is 9.42. The molecule has 0 saturated carbocycles. The molecule has 12 nitrogen and oxygen atoms in total. The number of anilines is 3. The van der Waals surface area contributed by atoms with Crippen LogP contribution in [-0.4, -0.2) is 76.5 Å². The van der Waals surface area contributed by atoms with E-state index in [0.29, 0.717) is 11.3 Å². The zero-order chi connectivity index (χ0) is 29.0. The summed E-state index contributed by atoms with van der Waals surface area (Å²) in [5, 5.41) is 31.6. The Labute approximate surface area is 230 Å². The summed E-state index contributed by atoms with van der Waals surface area (Å²) in [5.74, 6) is -1.40. The number of hydrogen-bond acceptors (Lipinski definition) is 7. The van der Waals surface area contributed by atoms with Gasteiger partial charge in [0.2, 0.25) is 11.9 Å². The molecule has 5 rings (SSSR count). The molecule has 2 aromatic rings. The van der Waals surface area contributed by atoms with Gasteiger partial charge in [-0.2, -0.15) is 9.80 Å². The van der Waals surface area contributed by atoms with Crippen LogP contribution in [0.3, 0.4) is 0 Å². The fourth-order valence-electron chi connectivity index (χ4n) is 5.93. The van der Waals surface area contributed by atoms with Crippen LogP contribution in [0.15, 0.2) is 67.0 Å². The first-order chi connectivity index (χ1) is 19.0. The van der Waals surface area contributed by atoms with Crippen LogP contribution in [0.2, 0.25) is 0 Å². The van der Waals surface area contributed by atoms with Crippen molar-refractivity contribution in [3.63, 3.8) is 0 Å². The molecule has 0 aliphatic carbocycles. The molecule has 3 aliphatic rings. The first kappa shape index (κ1) is 26.8. The van der Waals surface area contributed by atoms with Crippen molar-refractivity contribution in [2.45, 2.75) is 31.5 Å². The van der Waals surface area contributed by atoms with E-state index in [9.17, 15) is 29.4 Å². The normalized spacial score (nSPS) is 21.6. The Bertz CT molecular complexity index is 1450. The van der Waals surface area contributed by atoms with Crippen molar-refractivity contribution in [1.29, 1.82) is 0 Å². The van der Waals surface area contributed by atoms with E-state index < -0.39 is 40.2 Å². The number of benzene rings is 2. The molecule has 0 spiro atoms. The molecular weight excluding hydrogens is 518 g/mol. The first-order valence-electron chi connectivity index (χ1n) is 12.8. The summed E-state index contributed by atoms with van der Waals surface area (Å²) in [6.07, 6.45) is 2.57. The number of carbonyl (C=O) groups excluding carboxylic acids is 1. The van der Waals surface area contributed by atoms with Crippen LogP contribution in [0.5, 0.6) is 0 Å². The highest BCUT2D eigenvalue weighted by Gasteiger charge is 2.70. The average molecular weight is 549 g/mol. The topological polar surface area (TPSA) is 142 Å². The fourth-order valence-corrected chi connectivity index (χ4v) is 5.93. The molecule has 2 unspecified atom stereocenters. The molecule has 0 aromatic heterocycles. The third-order valence-corrected chi connectivity index (χ3v) is 7.72. The van der Waals surface area contributed by atoms with Crippen molar-refractivity contribution in [2.24, 2.45) is 0 Å². The van der Waals surface area contributed by atoms with Gasteiger partial charge in [-0.3, -0.25) is 9.59 Å². The third kappa shape index (κ3) is 3.63. The van der Waals surface area contributed by atoms with Crippen molar-refractivity contribution in [1.82, 2.24) is 9.49 Å². The number of carboxylic acids is 1. The molecule has 0 radical (unpaired) electrons. The number of ketones is 1. The van der Waals surface area contributed by atoms with Gasteiger partial charge in [0.15, 0.2) is 11.2 Å². The van der Waals surface area contributed by atoms with Crippen molar-refractivity contribution < 1.29 is 34.5 Å². The largest absolute Gasteiger partial charge is 0.546 e. The number of amides is 2. The maximum atomic E-state index is 14.5. The van der Waals surface area contributed by atoms with Crippen molar-refractivity contribution in [3.8, 4) is 0 Å². The Morgan fingerprint density at radius 1 is 0.975 bits per heavy atom. The van der Waals surface area contributed by atoms with Crippen molar-refractivity contribution in [3.05, 3.63) is 72.6 Å². The Hall–Kier alpha value is -4.84. The number of fused-ring (bicyclic) bond motifs is 1. The lowest BCUT2D eigenvalue weighted by atomic mass is 9.86. The predicted molar refractivity (Wildman–Crippen MR) is 148 cm³/mol. The zero-order valence-electron chi connectivity index (χ0n) is 22.3. The highest BCUT2D eigenvalue weighted by molar-refractivity contribution is 6.13. The van der Waals surface area contributed by atoms with Gasteiger partial charge in [0.05, 0.1) is 12.1 Å². The Balaban J connectivity index is 1.71.